The van der Waals surface area contributed by atoms with Gasteiger partial charge in [-0.2, -0.15) is 0 Å². The first-order chi connectivity index (χ1) is 12.2. The lowest BCUT2D eigenvalue weighted by atomic mass is 10.1. The highest BCUT2D eigenvalue weighted by atomic mass is 32.2. The number of carbonyl (C=O) groups excluding carboxylic acids is 1. The normalized spacial score (nSPS) is 11.7. The Morgan fingerprint density at radius 2 is 1.85 bits per heavy atom. The molecule has 2 rings (SSSR count). The molecule has 0 unspecified atom stereocenters. The molecular formula is C18H25N3O4S. The van der Waals surface area contributed by atoms with Gasteiger partial charge in [0.25, 0.3) is 0 Å². The van der Waals surface area contributed by atoms with E-state index >= 15 is 0 Å². The largest absolute Gasteiger partial charge is 0.441 e. The van der Waals surface area contributed by atoms with Gasteiger partial charge in [-0.3, -0.25) is 4.79 Å². The molecule has 1 amide bonds. The molecule has 142 valence electrons. The Bertz CT molecular complexity index is 855. The van der Waals surface area contributed by atoms with Gasteiger partial charge in [-0.15, -0.1) is 0 Å². The van der Waals surface area contributed by atoms with E-state index in [0.29, 0.717) is 30.4 Å². The average Bonchev–Trinajstić information content (AvgIpc) is 2.87. The molecule has 0 bridgehead atoms. The van der Waals surface area contributed by atoms with Crippen LogP contribution in [0.1, 0.15) is 17.0 Å². The molecule has 1 heterocycles. The highest BCUT2D eigenvalue weighted by Crippen LogP contribution is 2.23. The summed E-state index contributed by atoms with van der Waals surface area (Å²) >= 11 is 0. The standard InChI is InChI=1S/C18H25N3O4S/c1-13-5-7-15(8-6-13)18-20-16(14(2)25-18)11-26(23,24)12-17(22)19-9-10-21(3)4/h5-8H,9-12H2,1-4H3,(H,19,22). The van der Waals surface area contributed by atoms with E-state index in [2.05, 4.69) is 10.3 Å². The number of nitrogens with zero attached hydrogens (tertiary/aromatic N) is 2. The monoisotopic (exact) mass is 379 g/mol. The van der Waals surface area contributed by atoms with Crippen LogP contribution in [-0.4, -0.2) is 57.1 Å². The van der Waals surface area contributed by atoms with Crippen molar-refractivity contribution < 1.29 is 17.6 Å². The number of aryl methyl sites for hydroxylation is 2. The summed E-state index contributed by atoms with van der Waals surface area (Å²) in [5, 5.41) is 2.60. The summed E-state index contributed by atoms with van der Waals surface area (Å²) in [7, 11) is 0.123. The minimum absolute atomic E-state index is 0.324. The second-order valence-corrected chi connectivity index (χ2v) is 8.64. The summed E-state index contributed by atoms with van der Waals surface area (Å²) in [4.78, 5) is 18.0. The van der Waals surface area contributed by atoms with E-state index in [-0.39, 0.29) is 5.75 Å². The predicted octanol–water partition coefficient (Wildman–Crippen LogP) is 1.55. The van der Waals surface area contributed by atoms with Gasteiger partial charge >= 0.3 is 0 Å². The van der Waals surface area contributed by atoms with Crippen LogP contribution in [0.5, 0.6) is 0 Å². The fourth-order valence-corrected chi connectivity index (χ4v) is 3.60. The zero-order valence-electron chi connectivity index (χ0n) is 15.6. The Morgan fingerprint density at radius 3 is 2.46 bits per heavy atom. The van der Waals surface area contributed by atoms with Gasteiger partial charge in [0.05, 0.1) is 11.4 Å². The van der Waals surface area contributed by atoms with Crippen molar-refractivity contribution in [2.45, 2.75) is 19.6 Å². The minimum atomic E-state index is -3.63. The molecule has 8 heteroatoms. The van der Waals surface area contributed by atoms with Crippen molar-refractivity contribution in [1.29, 1.82) is 0 Å². The predicted molar refractivity (Wildman–Crippen MR) is 100 cm³/mol. The first kappa shape index (κ1) is 20.1. The SMILES string of the molecule is Cc1ccc(-c2nc(CS(=O)(=O)CC(=O)NCCN(C)C)c(C)o2)cc1. The summed E-state index contributed by atoms with van der Waals surface area (Å²) < 4.78 is 30.2. The average molecular weight is 379 g/mol. The quantitative estimate of drug-likeness (QED) is 0.748. The van der Waals surface area contributed by atoms with Crippen molar-refractivity contribution in [3.63, 3.8) is 0 Å². The Kier molecular flexibility index (Phi) is 6.55. The van der Waals surface area contributed by atoms with Gasteiger partial charge in [0.2, 0.25) is 11.8 Å². The van der Waals surface area contributed by atoms with Gasteiger partial charge in [-0.1, -0.05) is 17.7 Å². The lowest BCUT2D eigenvalue weighted by molar-refractivity contribution is -0.118. The molecule has 0 aliphatic carbocycles. The van der Waals surface area contributed by atoms with E-state index in [9.17, 15) is 13.2 Å². The second kappa shape index (κ2) is 8.46. The van der Waals surface area contributed by atoms with Crippen molar-refractivity contribution in [2.24, 2.45) is 0 Å². The molecule has 7 nitrogen and oxygen atoms in total. The number of rotatable bonds is 8. The van der Waals surface area contributed by atoms with Crippen LogP contribution in [0.25, 0.3) is 11.5 Å². The molecule has 1 N–H and O–H groups in total. The van der Waals surface area contributed by atoms with Crippen LogP contribution < -0.4 is 5.32 Å². The molecule has 0 aliphatic rings. The number of likely N-dealkylation sites (N-methyl/N-ethyl adjacent to an activating group) is 1. The lowest BCUT2D eigenvalue weighted by Crippen LogP contribution is -2.35. The molecular weight excluding hydrogens is 354 g/mol. The molecule has 0 fully saturated rings. The van der Waals surface area contributed by atoms with Crippen LogP contribution in [0.3, 0.4) is 0 Å². The Labute approximate surface area is 154 Å². The zero-order valence-corrected chi connectivity index (χ0v) is 16.4. The Balaban J connectivity index is 2.03. The number of benzene rings is 1. The van der Waals surface area contributed by atoms with Gasteiger partial charge in [-0.05, 0) is 40.1 Å². The third-order valence-corrected chi connectivity index (χ3v) is 5.20. The maximum Gasteiger partial charge on any atom is 0.235 e. The molecule has 26 heavy (non-hydrogen) atoms. The van der Waals surface area contributed by atoms with Gasteiger partial charge in [0, 0.05) is 18.7 Å². The van der Waals surface area contributed by atoms with Crippen LogP contribution in [-0.2, 0) is 20.4 Å². The van der Waals surface area contributed by atoms with E-state index in [1.54, 1.807) is 6.92 Å². The summed E-state index contributed by atoms with van der Waals surface area (Å²) in [5.74, 6) is -0.575. The van der Waals surface area contributed by atoms with Crippen LogP contribution >= 0.6 is 0 Å². The summed E-state index contributed by atoms with van der Waals surface area (Å²) in [6, 6.07) is 7.61. The van der Waals surface area contributed by atoms with E-state index in [1.807, 2.05) is 50.2 Å². The van der Waals surface area contributed by atoms with Crippen molar-refractivity contribution in [3.05, 3.63) is 41.3 Å². The molecule has 0 atom stereocenters. The number of hydrogen-bond donors (Lipinski definition) is 1. The van der Waals surface area contributed by atoms with E-state index < -0.39 is 21.5 Å². The van der Waals surface area contributed by atoms with Crippen molar-refractivity contribution in [3.8, 4) is 11.5 Å². The summed E-state index contributed by atoms with van der Waals surface area (Å²) in [6.45, 7) is 4.70. The number of amides is 1. The summed E-state index contributed by atoms with van der Waals surface area (Å²) in [6.07, 6.45) is 0. The van der Waals surface area contributed by atoms with Gasteiger partial charge in [0.1, 0.15) is 11.5 Å². The van der Waals surface area contributed by atoms with E-state index in [1.165, 1.54) is 0 Å². The molecule has 1 aromatic heterocycles. The topological polar surface area (TPSA) is 92.5 Å². The first-order valence-electron chi connectivity index (χ1n) is 8.31. The maximum absolute atomic E-state index is 12.3. The fourth-order valence-electron chi connectivity index (χ4n) is 2.31. The number of aromatic nitrogens is 1. The number of nitrogens with one attached hydrogen (secondary N) is 1. The van der Waals surface area contributed by atoms with Crippen LogP contribution in [0.2, 0.25) is 0 Å². The minimum Gasteiger partial charge on any atom is -0.441 e. The molecule has 0 saturated heterocycles. The summed E-state index contributed by atoms with van der Waals surface area (Å²) in [5.41, 5.74) is 2.23. The van der Waals surface area contributed by atoms with Crippen LogP contribution in [0.15, 0.2) is 28.7 Å². The van der Waals surface area contributed by atoms with Crippen molar-refractivity contribution >= 4 is 15.7 Å². The molecule has 0 aliphatic heterocycles. The zero-order chi connectivity index (χ0) is 19.3. The Morgan fingerprint density at radius 1 is 1.19 bits per heavy atom. The highest BCUT2D eigenvalue weighted by Gasteiger charge is 2.22. The maximum atomic E-state index is 12.3. The van der Waals surface area contributed by atoms with Gasteiger partial charge in [0.15, 0.2) is 9.84 Å². The van der Waals surface area contributed by atoms with E-state index in [4.69, 9.17) is 4.42 Å². The van der Waals surface area contributed by atoms with Gasteiger partial charge in [-0.25, -0.2) is 13.4 Å². The third-order valence-electron chi connectivity index (χ3n) is 3.78. The highest BCUT2D eigenvalue weighted by molar-refractivity contribution is 7.91. The van der Waals surface area contributed by atoms with Crippen molar-refractivity contribution in [1.82, 2.24) is 15.2 Å². The molecule has 0 radical (unpaired) electrons. The second-order valence-electron chi connectivity index (χ2n) is 6.57. The molecule has 0 saturated carbocycles. The smallest absolute Gasteiger partial charge is 0.235 e. The molecule has 1 aromatic carbocycles. The van der Waals surface area contributed by atoms with Crippen molar-refractivity contribution in [2.75, 3.05) is 32.9 Å². The molecule has 0 spiro atoms. The number of carbonyl (C=O) groups is 1. The fraction of sp³-hybridized carbons (Fsp3) is 0.444. The molecule has 2 aromatic rings. The number of sulfone groups is 1. The lowest BCUT2D eigenvalue weighted by Gasteiger charge is -2.10. The van der Waals surface area contributed by atoms with Crippen LogP contribution in [0, 0.1) is 13.8 Å². The number of hydrogen-bond acceptors (Lipinski definition) is 6. The van der Waals surface area contributed by atoms with Crippen LogP contribution in [0.4, 0.5) is 0 Å². The first-order valence-corrected chi connectivity index (χ1v) is 10.1. The van der Waals surface area contributed by atoms with Gasteiger partial charge < -0.3 is 14.6 Å². The van der Waals surface area contributed by atoms with E-state index in [0.717, 1.165) is 11.1 Å². The Hall–Kier alpha value is -2.19. The number of oxazole rings is 1. The third kappa shape index (κ3) is 5.96.